The number of carbonyl (C=O) groups excluding carboxylic acids is 1. The molecule has 7 nitrogen and oxygen atoms in total. The van der Waals surface area contributed by atoms with E-state index in [1.165, 1.54) is 6.92 Å². The van der Waals surface area contributed by atoms with Crippen LogP contribution in [0.5, 0.6) is 0 Å². The van der Waals surface area contributed by atoms with Gasteiger partial charge in [-0.1, -0.05) is 11.6 Å². The van der Waals surface area contributed by atoms with E-state index in [1.54, 1.807) is 12.1 Å². The molecular formula is C16H21ClN6O. The van der Waals surface area contributed by atoms with Crippen LogP contribution in [-0.4, -0.2) is 42.1 Å². The number of nitrogens with zero attached hydrogens (tertiary/aromatic N) is 2. The molecule has 1 amide bonds. The molecule has 0 saturated heterocycles. The van der Waals surface area contributed by atoms with Crippen molar-refractivity contribution in [2.24, 2.45) is 5.73 Å². The van der Waals surface area contributed by atoms with E-state index in [9.17, 15) is 4.79 Å². The Bertz CT molecular complexity index is 677. The summed E-state index contributed by atoms with van der Waals surface area (Å²) < 4.78 is 0. The van der Waals surface area contributed by atoms with E-state index in [-0.39, 0.29) is 5.91 Å². The van der Waals surface area contributed by atoms with Crippen molar-refractivity contribution in [1.29, 1.82) is 0 Å². The van der Waals surface area contributed by atoms with Gasteiger partial charge in [-0.05, 0) is 24.3 Å². The molecule has 128 valence electrons. The molecule has 0 radical (unpaired) electrons. The zero-order valence-corrected chi connectivity index (χ0v) is 14.2. The monoisotopic (exact) mass is 348 g/mol. The molecule has 0 unspecified atom stereocenters. The number of nitrogens with one attached hydrogen (secondary N) is 3. The van der Waals surface area contributed by atoms with Crippen LogP contribution in [0.4, 0.5) is 11.6 Å². The molecule has 24 heavy (non-hydrogen) atoms. The highest BCUT2D eigenvalue weighted by molar-refractivity contribution is 6.30. The van der Waals surface area contributed by atoms with Gasteiger partial charge in [0.05, 0.1) is 0 Å². The lowest BCUT2D eigenvalue weighted by atomic mass is 10.2. The minimum atomic E-state index is -0.0633. The first-order chi connectivity index (χ1) is 11.6. The second-order valence-electron chi connectivity index (χ2n) is 5.09. The van der Waals surface area contributed by atoms with Crippen molar-refractivity contribution in [3.8, 4) is 11.4 Å². The predicted molar refractivity (Wildman–Crippen MR) is 97.2 cm³/mol. The number of benzene rings is 1. The third-order valence-corrected chi connectivity index (χ3v) is 3.34. The van der Waals surface area contributed by atoms with E-state index in [4.69, 9.17) is 17.3 Å². The topological polar surface area (TPSA) is 105 Å². The molecule has 0 aliphatic rings. The first-order valence-corrected chi connectivity index (χ1v) is 8.03. The lowest BCUT2D eigenvalue weighted by Gasteiger charge is -2.11. The average molecular weight is 349 g/mol. The molecule has 0 aliphatic heterocycles. The van der Waals surface area contributed by atoms with Gasteiger partial charge >= 0.3 is 0 Å². The number of rotatable bonds is 8. The van der Waals surface area contributed by atoms with Gasteiger partial charge < -0.3 is 21.7 Å². The molecule has 1 heterocycles. The van der Waals surface area contributed by atoms with E-state index in [2.05, 4.69) is 25.9 Å². The minimum absolute atomic E-state index is 0.0633. The first kappa shape index (κ1) is 18.0. The van der Waals surface area contributed by atoms with E-state index >= 15 is 0 Å². The van der Waals surface area contributed by atoms with Crippen LogP contribution in [-0.2, 0) is 4.79 Å². The van der Waals surface area contributed by atoms with Gasteiger partial charge in [0.2, 0.25) is 5.91 Å². The van der Waals surface area contributed by atoms with Crippen LogP contribution in [0.15, 0.2) is 30.3 Å². The number of nitrogens with two attached hydrogens (primary N) is 1. The molecule has 0 spiro atoms. The molecule has 0 fully saturated rings. The predicted octanol–water partition coefficient (Wildman–Crippen LogP) is 1.72. The van der Waals surface area contributed by atoms with Crippen LogP contribution in [0.2, 0.25) is 5.02 Å². The molecular weight excluding hydrogens is 328 g/mol. The van der Waals surface area contributed by atoms with E-state index in [1.807, 2.05) is 18.2 Å². The first-order valence-electron chi connectivity index (χ1n) is 7.66. The second kappa shape index (κ2) is 9.05. The van der Waals surface area contributed by atoms with Crippen molar-refractivity contribution >= 4 is 29.1 Å². The van der Waals surface area contributed by atoms with Gasteiger partial charge in [-0.2, -0.15) is 0 Å². The normalized spacial score (nSPS) is 10.3. The fourth-order valence-electron chi connectivity index (χ4n) is 1.99. The lowest BCUT2D eigenvalue weighted by Crippen LogP contribution is -2.26. The summed E-state index contributed by atoms with van der Waals surface area (Å²) in [5.74, 6) is 1.87. The summed E-state index contributed by atoms with van der Waals surface area (Å²) in [7, 11) is 0. The molecule has 0 atom stereocenters. The molecule has 2 rings (SSSR count). The molecule has 0 bridgehead atoms. The Hall–Kier alpha value is -2.38. The summed E-state index contributed by atoms with van der Waals surface area (Å²) in [5, 5.41) is 9.71. The number of carbonyl (C=O) groups is 1. The number of anilines is 2. The van der Waals surface area contributed by atoms with Gasteiger partial charge in [0.1, 0.15) is 11.6 Å². The van der Waals surface area contributed by atoms with E-state index in [0.717, 1.165) is 5.56 Å². The quantitative estimate of drug-likeness (QED) is 0.541. The molecule has 1 aromatic heterocycles. The van der Waals surface area contributed by atoms with Crippen LogP contribution >= 0.6 is 11.6 Å². The van der Waals surface area contributed by atoms with Crippen molar-refractivity contribution in [3.63, 3.8) is 0 Å². The molecule has 8 heteroatoms. The Morgan fingerprint density at radius 3 is 2.29 bits per heavy atom. The summed E-state index contributed by atoms with van der Waals surface area (Å²) in [6.07, 6.45) is 0. The maximum Gasteiger partial charge on any atom is 0.216 e. The summed E-state index contributed by atoms with van der Waals surface area (Å²) in [6, 6.07) is 9.13. The SMILES string of the molecule is CC(=O)NCCNc1cc(NCCN)nc(-c2ccc(Cl)cc2)n1. The van der Waals surface area contributed by atoms with Gasteiger partial charge in [0, 0.05) is 49.8 Å². The fraction of sp³-hybridized carbons (Fsp3) is 0.312. The highest BCUT2D eigenvalue weighted by Gasteiger charge is 2.07. The maximum atomic E-state index is 10.9. The second-order valence-corrected chi connectivity index (χ2v) is 5.53. The molecule has 0 saturated carbocycles. The van der Waals surface area contributed by atoms with Gasteiger partial charge in [0.25, 0.3) is 0 Å². The Morgan fingerprint density at radius 2 is 1.71 bits per heavy atom. The molecule has 1 aromatic carbocycles. The summed E-state index contributed by atoms with van der Waals surface area (Å²) in [5.41, 5.74) is 6.39. The van der Waals surface area contributed by atoms with Gasteiger partial charge in [0.15, 0.2) is 5.82 Å². The number of amides is 1. The van der Waals surface area contributed by atoms with Crippen molar-refractivity contribution in [3.05, 3.63) is 35.4 Å². The molecule has 2 aromatic rings. The average Bonchev–Trinajstić information content (AvgIpc) is 2.57. The highest BCUT2D eigenvalue weighted by atomic mass is 35.5. The largest absolute Gasteiger partial charge is 0.369 e. The summed E-state index contributed by atoms with van der Waals surface area (Å²) >= 11 is 5.93. The van der Waals surface area contributed by atoms with Crippen molar-refractivity contribution in [2.75, 3.05) is 36.8 Å². The van der Waals surface area contributed by atoms with Gasteiger partial charge in [-0.25, -0.2) is 9.97 Å². The zero-order valence-electron chi connectivity index (χ0n) is 13.5. The minimum Gasteiger partial charge on any atom is -0.369 e. The lowest BCUT2D eigenvalue weighted by molar-refractivity contribution is -0.118. The van der Waals surface area contributed by atoms with Crippen molar-refractivity contribution in [1.82, 2.24) is 15.3 Å². The van der Waals surface area contributed by atoms with Gasteiger partial charge in [-0.15, -0.1) is 0 Å². The summed E-state index contributed by atoms with van der Waals surface area (Å²) in [4.78, 5) is 19.9. The van der Waals surface area contributed by atoms with Crippen LogP contribution in [0, 0.1) is 0 Å². The number of hydrogen-bond donors (Lipinski definition) is 4. The Labute approximate surface area is 146 Å². The van der Waals surface area contributed by atoms with Crippen LogP contribution in [0.1, 0.15) is 6.92 Å². The van der Waals surface area contributed by atoms with Crippen LogP contribution in [0.3, 0.4) is 0 Å². The Kier molecular flexibility index (Phi) is 6.77. The van der Waals surface area contributed by atoms with Crippen LogP contribution < -0.4 is 21.7 Å². The van der Waals surface area contributed by atoms with E-state index in [0.29, 0.717) is 48.7 Å². The number of hydrogen-bond acceptors (Lipinski definition) is 6. The van der Waals surface area contributed by atoms with Gasteiger partial charge in [-0.3, -0.25) is 4.79 Å². The highest BCUT2D eigenvalue weighted by Crippen LogP contribution is 2.22. The van der Waals surface area contributed by atoms with Crippen molar-refractivity contribution in [2.45, 2.75) is 6.92 Å². The third-order valence-electron chi connectivity index (χ3n) is 3.08. The Balaban J connectivity index is 2.17. The fourth-order valence-corrected chi connectivity index (χ4v) is 2.11. The van der Waals surface area contributed by atoms with E-state index < -0.39 is 0 Å². The standard InChI is InChI=1S/C16H21ClN6O/c1-11(24)19-8-9-21-15-10-14(20-7-6-18)22-16(23-15)12-2-4-13(17)5-3-12/h2-5,10H,6-9,18H2,1H3,(H,19,24)(H2,20,21,22,23). The summed E-state index contributed by atoms with van der Waals surface area (Å²) in [6.45, 7) is 3.68. The zero-order chi connectivity index (χ0) is 17.4. The number of halogens is 1. The van der Waals surface area contributed by atoms with Crippen molar-refractivity contribution < 1.29 is 4.79 Å². The maximum absolute atomic E-state index is 10.9. The molecule has 5 N–H and O–H groups in total. The van der Waals surface area contributed by atoms with Crippen LogP contribution in [0.25, 0.3) is 11.4 Å². The number of aromatic nitrogens is 2. The third kappa shape index (κ3) is 5.68. The smallest absolute Gasteiger partial charge is 0.216 e. The Morgan fingerprint density at radius 1 is 1.08 bits per heavy atom. The molecule has 0 aliphatic carbocycles.